The highest BCUT2D eigenvalue weighted by molar-refractivity contribution is 7.71. The molecule has 1 fully saturated rings. The van der Waals surface area contributed by atoms with Crippen LogP contribution >= 0.6 is 23.6 Å². The second kappa shape index (κ2) is 3.78. The molecule has 1 N–H and O–H groups in total. The number of aromatic amines is 1. The Morgan fingerprint density at radius 3 is 3.06 bits per heavy atom. The number of aromatic nitrogens is 4. The SMILES string of the molecule is Cc1ncc(Cn2c(C3CC3)n[nH]c2=S)s1. The van der Waals surface area contributed by atoms with E-state index in [1.54, 1.807) is 11.3 Å². The first kappa shape index (κ1) is 10.2. The fourth-order valence-electron chi connectivity index (χ4n) is 1.77. The Morgan fingerprint density at radius 2 is 2.44 bits per heavy atom. The van der Waals surface area contributed by atoms with Gasteiger partial charge in [0.2, 0.25) is 0 Å². The van der Waals surface area contributed by atoms with Crippen LogP contribution in [0.2, 0.25) is 0 Å². The molecule has 1 saturated carbocycles. The third kappa shape index (κ3) is 1.82. The quantitative estimate of drug-likeness (QED) is 0.854. The molecule has 4 nitrogen and oxygen atoms in total. The zero-order valence-corrected chi connectivity index (χ0v) is 10.6. The average molecular weight is 252 g/mol. The van der Waals surface area contributed by atoms with Crippen LogP contribution in [-0.2, 0) is 6.54 Å². The van der Waals surface area contributed by atoms with Crippen LogP contribution in [-0.4, -0.2) is 19.7 Å². The summed E-state index contributed by atoms with van der Waals surface area (Å²) in [5.74, 6) is 1.72. The monoisotopic (exact) mass is 252 g/mol. The first-order chi connectivity index (χ1) is 7.74. The van der Waals surface area contributed by atoms with Crippen molar-refractivity contribution in [1.29, 1.82) is 0 Å². The first-order valence-electron chi connectivity index (χ1n) is 5.30. The van der Waals surface area contributed by atoms with Gasteiger partial charge in [-0.3, -0.25) is 9.67 Å². The molecule has 16 heavy (non-hydrogen) atoms. The predicted octanol–water partition coefficient (Wildman–Crippen LogP) is 2.63. The second-order valence-electron chi connectivity index (χ2n) is 4.09. The molecule has 3 rings (SSSR count). The van der Waals surface area contributed by atoms with Gasteiger partial charge in [0.05, 0.1) is 11.6 Å². The van der Waals surface area contributed by atoms with Crippen molar-refractivity contribution in [2.75, 3.05) is 0 Å². The van der Waals surface area contributed by atoms with Gasteiger partial charge in [0.15, 0.2) is 4.77 Å². The van der Waals surface area contributed by atoms with Crippen molar-refractivity contribution in [1.82, 2.24) is 19.7 Å². The highest BCUT2D eigenvalue weighted by Gasteiger charge is 2.29. The Hall–Kier alpha value is -1.01. The summed E-state index contributed by atoms with van der Waals surface area (Å²) in [5.41, 5.74) is 0. The summed E-state index contributed by atoms with van der Waals surface area (Å²) in [6.07, 6.45) is 4.40. The lowest BCUT2D eigenvalue weighted by Crippen LogP contribution is -2.03. The lowest BCUT2D eigenvalue weighted by molar-refractivity contribution is 0.725. The van der Waals surface area contributed by atoms with Gasteiger partial charge >= 0.3 is 0 Å². The van der Waals surface area contributed by atoms with Crippen LogP contribution in [0.4, 0.5) is 0 Å². The Labute approximate surface area is 102 Å². The minimum Gasteiger partial charge on any atom is -0.299 e. The van der Waals surface area contributed by atoms with E-state index in [2.05, 4.69) is 19.7 Å². The van der Waals surface area contributed by atoms with Crippen molar-refractivity contribution in [2.45, 2.75) is 32.2 Å². The molecule has 0 bridgehead atoms. The summed E-state index contributed by atoms with van der Waals surface area (Å²) in [5, 5.41) is 8.29. The lowest BCUT2D eigenvalue weighted by atomic mass is 10.4. The molecule has 0 spiro atoms. The van der Waals surface area contributed by atoms with E-state index in [4.69, 9.17) is 12.2 Å². The molecule has 0 aliphatic heterocycles. The molecule has 0 unspecified atom stereocenters. The van der Waals surface area contributed by atoms with E-state index in [1.165, 1.54) is 17.7 Å². The van der Waals surface area contributed by atoms with Gasteiger partial charge in [-0.05, 0) is 32.0 Å². The van der Waals surface area contributed by atoms with Crippen LogP contribution in [0.3, 0.4) is 0 Å². The van der Waals surface area contributed by atoms with Crippen molar-refractivity contribution in [3.05, 3.63) is 26.7 Å². The molecular weight excluding hydrogens is 240 g/mol. The van der Waals surface area contributed by atoms with Crippen molar-refractivity contribution in [2.24, 2.45) is 0 Å². The molecule has 0 radical (unpaired) electrons. The van der Waals surface area contributed by atoms with Gasteiger partial charge < -0.3 is 0 Å². The maximum Gasteiger partial charge on any atom is 0.195 e. The van der Waals surface area contributed by atoms with E-state index < -0.39 is 0 Å². The molecule has 0 atom stereocenters. The summed E-state index contributed by atoms with van der Waals surface area (Å²) in [6, 6.07) is 0. The third-order valence-corrected chi connectivity index (χ3v) is 3.92. The number of thiazole rings is 1. The van der Waals surface area contributed by atoms with Gasteiger partial charge in [-0.25, -0.2) is 4.98 Å². The highest BCUT2D eigenvalue weighted by Crippen LogP contribution is 2.39. The summed E-state index contributed by atoms with van der Waals surface area (Å²) in [4.78, 5) is 5.49. The summed E-state index contributed by atoms with van der Waals surface area (Å²) in [6.45, 7) is 2.82. The Kier molecular flexibility index (Phi) is 2.40. The van der Waals surface area contributed by atoms with Gasteiger partial charge in [-0.1, -0.05) is 0 Å². The number of H-pyrrole nitrogens is 1. The maximum absolute atomic E-state index is 5.25. The van der Waals surface area contributed by atoms with Gasteiger partial charge in [0.1, 0.15) is 5.82 Å². The van der Waals surface area contributed by atoms with Crippen LogP contribution in [0.1, 0.15) is 34.5 Å². The van der Waals surface area contributed by atoms with Crippen molar-refractivity contribution in [3.63, 3.8) is 0 Å². The van der Waals surface area contributed by atoms with Crippen LogP contribution in [0.5, 0.6) is 0 Å². The van der Waals surface area contributed by atoms with Crippen LogP contribution in [0.15, 0.2) is 6.20 Å². The summed E-state index contributed by atoms with van der Waals surface area (Å²) < 4.78 is 2.81. The normalized spacial score (nSPS) is 15.6. The molecule has 84 valence electrons. The van der Waals surface area contributed by atoms with Crippen LogP contribution in [0.25, 0.3) is 0 Å². The van der Waals surface area contributed by atoms with E-state index in [0.29, 0.717) is 10.7 Å². The van der Waals surface area contributed by atoms with E-state index in [1.807, 2.05) is 13.1 Å². The molecule has 0 saturated heterocycles. The largest absolute Gasteiger partial charge is 0.299 e. The minimum atomic E-state index is 0.613. The standard InChI is InChI=1S/C10H12N4S2/c1-6-11-4-8(16-6)5-14-9(7-2-3-7)12-13-10(14)15/h4,7H,2-3,5H2,1H3,(H,13,15). The lowest BCUT2D eigenvalue weighted by Gasteiger charge is -2.02. The molecule has 1 aliphatic rings. The average Bonchev–Trinajstić information content (AvgIpc) is 2.93. The Morgan fingerprint density at radius 1 is 1.62 bits per heavy atom. The number of nitrogens with zero attached hydrogens (tertiary/aromatic N) is 3. The summed E-state index contributed by atoms with van der Waals surface area (Å²) >= 11 is 6.97. The number of rotatable bonds is 3. The summed E-state index contributed by atoms with van der Waals surface area (Å²) in [7, 11) is 0. The Balaban J connectivity index is 1.93. The molecular formula is C10H12N4S2. The van der Waals surface area contributed by atoms with Gasteiger partial charge in [-0.15, -0.1) is 11.3 Å². The first-order valence-corrected chi connectivity index (χ1v) is 6.53. The van der Waals surface area contributed by atoms with E-state index in [9.17, 15) is 0 Å². The fourth-order valence-corrected chi connectivity index (χ4v) is 2.76. The Bertz CT molecular complexity index is 561. The van der Waals surface area contributed by atoms with Crippen LogP contribution in [0, 0.1) is 11.7 Å². The van der Waals surface area contributed by atoms with Crippen molar-refractivity contribution in [3.8, 4) is 0 Å². The number of hydrogen-bond acceptors (Lipinski definition) is 4. The van der Waals surface area contributed by atoms with E-state index in [-0.39, 0.29) is 0 Å². The second-order valence-corrected chi connectivity index (χ2v) is 5.80. The minimum absolute atomic E-state index is 0.613. The molecule has 0 amide bonds. The molecule has 2 heterocycles. The maximum atomic E-state index is 5.25. The number of nitrogens with one attached hydrogen (secondary N) is 1. The number of hydrogen-bond donors (Lipinski definition) is 1. The smallest absolute Gasteiger partial charge is 0.195 e. The van der Waals surface area contributed by atoms with Crippen LogP contribution < -0.4 is 0 Å². The van der Waals surface area contributed by atoms with E-state index in [0.717, 1.165) is 17.4 Å². The van der Waals surface area contributed by atoms with E-state index >= 15 is 0 Å². The van der Waals surface area contributed by atoms with Gasteiger partial charge in [0, 0.05) is 17.0 Å². The molecule has 2 aromatic heterocycles. The third-order valence-electron chi connectivity index (χ3n) is 2.71. The predicted molar refractivity (Wildman–Crippen MR) is 65.3 cm³/mol. The molecule has 0 aromatic carbocycles. The zero-order chi connectivity index (χ0) is 11.1. The fraction of sp³-hybridized carbons (Fsp3) is 0.500. The molecule has 6 heteroatoms. The molecule has 1 aliphatic carbocycles. The highest BCUT2D eigenvalue weighted by atomic mass is 32.1. The topological polar surface area (TPSA) is 46.5 Å². The molecule has 2 aromatic rings. The van der Waals surface area contributed by atoms with Gasteiger partial charge in [0.25, 0.3) is 0 Å². The van der Waals surface area contributed by atoms with Crippen molar-refractivity contribution < 1.29 is 0 Å². The zero-order valence-electron chi connectivity index (χ0n) is 8.93. The number of aryl methyl sites for hydroxylation is 1. The van der Waals surface area contributed by atoms with Gasteiger partial charge in [-0.2, -0.15) is 5.10 Å². The van der Waals surface area contributed by atoms with Crippen molar-refractivity contribution >= 4 is 23.6 Å².